The minimum atomic E-state index is -0.446. The van der Waals surface area contributed by atoms with Gasteiger partial charge in [0, 0.05) is 19.2 Å². The van der Waals surface area contributed by atoms with Gasteiger partial charge in [-0.25, -0.2) is 9.18 Å². The highest BCUT2D eigenvalue weighted by Crippen LogP contribution is 2.21. The van der Waals surface area contributed by atoms with E-state index in [1.165, 1.54) is 16.7 Å². The fraction of sp³-hybridized carbons (Fsp3) is 0.368. The molecule has 8 heteroatoms. The summed E-state index contributed by atoms with van der Waals surface area (Å²) in [7, 11) is 0. The standard InChI is InChI=1S/C19H19FN4O3/c1-12-21-17(22-27-12)16-15-5-3-2-4-10-23(15)19(26)24(18(16)25)11-13-6-8-14(20)9-7-13/h6-9H,2-5,10-11H2,1H3. The van der Waals surface area contributed by atoms with E-state index in [1.807, 2.05) is 0 Å². The molecule has 2 aromatic heterocycles. The lowest BCUT2D eigenvalue weighted by molar-refractivity contribution is 0.394. The van der Waals surface area contributed by atoms with Crippen LogP contribution in [-0.4, -0.2) is 19.3 Å². The van der Waals surface area contributed by atoms with Crippen LogP contribution in [0.2, 0.25) is 0 Å². The predicted octanol–water partition coefficient (Wildman–Crippen LogP) is 2.28. The monoisotopic (exact) mass is 370 g/mol. The van der Waals surface area contributed by atoms with Gasteiger partial charge in [0.1, 0.15) is 11.4 Å². The maximum atomic E-state index is 13.2. The summed E-state index contributed by atoms with van der Waals surface area (Å²) in [6.45, 7) is 2.26. The summed E-state index contributed by atoms with van der Waals surface area (Å²) in [5, 5.41) is 3.91. The van der Waals surface area contributed by atoms with Gasteiger partial charge in [0.05, 0.1) is 6.54 Å². The van der Waals surface area contributed by atoms with Gasteiger partial charge in [0.2, 0.25) is 11.7 Å². The Morgan fingerprint density at radius 1 is 1.15 bits per heavy atom. The van der Waals surface area contributed by atoms with Crippen molar-refractivity contribution in [1.29, 1.82) is 0 Å². The average molecular weight is 370 g/mol. The van der Waals surface area contributed by atoms with Crippen LogP contribution in [-0.2, 0) is 19.5 Å². The Bertz CT molecular complexity index is 1100. The molecule has 0 atom stereocenters. The Kier molecular flexibility index (Phi) is 4.47. The van der Waals surface area contributed by atoms with E-state index in [-0.39, 0.29) is 23.9 Å². The number of halogens is 1. The SMILES string of the molecule is Cc1nc(-c2c3n(c(=O)n(Cc4ccc(F)cc4)c2=O)CCCCC3)no1. The van der Waals surface area contributed by atoms with E-state index in [4.69, 9.17) is 4.52 Å². The van der Waals surface area contributed by atoms with Gasteiger partial charge in [-0.05, 0) is 37.0 Å². The van der Waals surface area contributed by atoms with Crippen LogP contribution in [0, 0.1) is 12.7 Å². The Morgan fingerprint density at radius 2 is 1.93 bits per heavy atom. The van der Waals surface area contributed by atoms with Crippen molar-refractivity contribution in [2.24, 2.45) is 0 Å². The van der Waals surface area contributed by atoms with Crippen LogP contribution >= 0.6 is 0 Å². The highest BCUT2D eigenvalue weighted by atomic mass is 19.1. The van der Waals surface area contributed by atoms with Gasteiger partial charge < -0.3 is 4.52 Å². The van der Waals surface area contributed by atoms with Crippen molar-refractivity contribution < 1.29 is 8.91 Å². The van der Waals surface area contributed by atoms with Crippen molar-refractivity contribution in [3.63, 3.8) is 0 Å². The fourth-order valence-corrected chi connectivity index (χ4v) is 3.51. The lowest BCUT2D eigenvalue weighted by Gasteiger charge is -2.16. The van der Waals surface area contributed by atoms with Crippen molar-refractivity contribution in [3.8, 4) is 11.4 Å². The molecule has 3 aromatic rings. The van der Waals surface area contributed by atoms with Gasteiger partial charge in [-0.1, -0.05) is 23.7 Å². The molecule has 0 aliphatic carbocycles. The number of aromatic nitrogens is 4. The Labute approximate surface area is 154 Å². The number of fused-ring (bicyclic) bond motifs is 1. The first-order chi connectivity index (χ1) is 13.0. The van der Waals surface area contributed by atoms with E-state index in [1.54, 1.807) is 23.6 Å². The quantitative estimate of drug-likeness (QED) is 0.706. The molecular weight excluding hydrogens is 351 g/mol. The smallest absolute Gasteiger partial charge is 0.331 e. The zero-order valence-electron chi connectivity index (χ0n) is 14.9. The molecule has 1 aliphatic heterocycles. The van der Waals surface area contributed by atoms with Crippen molar-refractivity contribution in [1.82, 2.24) is 19.3 Å². The number of hydrogen-bond donors (Lipinski definition) is 0. The lowest BCUT2D eigenvalue weighted by atomic mass is 10.1. The maximum Gasteiger partial charge on any atom is 0.331 e. The average Bonchev–Trinajstić information content (AvgIpc) is 2.93. The topological polar surface area (TPSA) is 82.9 Å². The molecule has 0 fully saturated rings. The number of nitrogens with zero attached hydrogens (tertiary/aromatic N) is 4. The Balaban J connectivity index is 1.93. The summed E-state index contributed by atoms with van der Waals surface area (Å²) in [5.41, 5.74) is 0.845. The first kappa shape index (κ1) is 17.4. The van der Waals surface area contributed by atoms with E-state index in [0.29, 0.717) is 35.7 Å². The predicted molar refractivity (Wildman–Crippen MR) is 96.0 cm³/mol. The molecule has 4 rings (SSSR count). The lowest BCUT2D eigenvalue weighted by Crippen LogP contribution is -2.42. The van der Waals surface area contributed by atoms with Crippen LogP contribution in [0.1, 0.15) is 36.4 Å². The first-order valence-corrected chi connectivity index (χ1v) is 8.96. The highest BCUT2D eigenvalue weighted by Gasteiger charge is 2.24. The summed E-state index contributed by atoms with van der Waals surface area (Å²) in [6.07, 6.45) is 3.36. The van der Waals surface area contributed by atoms with Crippen LogP contribution in [0.25, 0.3) is 11.4 Å². The summed E-state index contributed by atoms with van der Waals surface area (Å²) >= 11 is 0. The molecule has 0 radical (unpaired) electrons. The summed E-state index contributed by atoms with van der Waals surface area (Å²) in [6, 6.07) is 5.75. The number of hydrogen-bond acceptors (Lipinski definition) is 5. The van der Waals surface area contributed by atoms with Crippen LogP contribution in [0.4, 0.5) is 4.39 Å². The molecule has 0 bridgehead atoms. The van der Waals surface area contributed by atoms with E-state index < -0.39 is 5.56 Å². The summed E-state index contributed by atoms with van der Waals surface area (Å²) in [4.78, 5) is 30.5. The Hall–Kier alpha value is -3.03. The van der Waals surface area contributed by atoms with E-state index in [0.717, 1.165) is 19.3 Å². The zero-order chi connectivity index (χ0) is 19.0. The molecule has 140 valence electrons. The maximum absolute atomic E-state index is 13.2. The second-order valence-electron chi connectivity index (χ2n) is 6.72. The molecule has 0 amide bonds. The highest BCUT2D eigenvalue weighted by molar-refractivity contribution is 5.56. The normalized spacial score (nSPS) is 14.0. The molecule has 1 aromatic carbocycles. The zero-order valence-corrected chi connectivity index (χ0v) is 14.9. The Morgan fingerprint density at radius 3 is 2.63 bits per heavy atom. The van der Waals surface area contributed by atoms with E-state index >= 15 is 0 Å². The summed E-state index contributed by atoms with van der Waals surface area (Å²) in [5.74, 6) is 0.191. The van der Waals surface area contributed by atoms with Crippen LogP contribution in [0.5, 0.6) is 0 Å². The molecule has 0 saturated carbocycles. The molecule has 0 unspecified atom stereocenters. The molecule has 7 nitrogen and oxygen atoms in total. The van der Waals surface area contributed by atoms with Crippen molar-refractivity contribution >= 4 is 0 Å². The third kappa shape index (κ3) is 3.22. The van der Waals surface area contributed by atoms with Gasteiger partial charge in [0.15, 0.2) is 0 Å². The van der Waals surface area contributed by atoms with Gasteiger partial charge in [-0.2, -0.15) is 4.98 Å². The third-order valence-corrected chi connectivity index (χ3v) is 4.84. The molecule has 0 spiro atoms. The van der Waals surface area contributed by atoms with Gasteiger partial charge in [0.25, 0.3) is 5.56 Å². The van der Waals surface area contributed by atoms with Gasteiger partial charge in [-0.3, -0.25) is 13.9 Å². The number of rotatable bonds is 3. The molecule has 3 heterocycles. The molecule has 27 heavy (non-hydrogen) atoms. The van der Waals surface area contributed by atoms with E-state index in [2.05, 4.69) is 10.1 Å². The first-order valence-electron chi connectivity index (χ1n) is 8.96. The summed E-state index contributed by atoms with van der Waals surface area (Å²) < 4.78 is 21.1. The molecule has 0 saturated heterocycles. The van der Waals surface area contributed by atoms with Crippen molar-refractivity contribution in [3.05, 3.63) is 68.1 Å². The number of aryl methyl sites for hydroxylation is 1. The van der Waals surface area contributed by atoms with Crippen molar-refractivity contribution in [2.45, 2.75) is 45.7 Å². The minimum absolute atomic E-state index is 0.0576. The molecular formula is C19H19FN4O3. The largest absolute Gasteiger partial charge is 0.339 e. The number of benzene rings is 1. The van der Waals surface area contributed by atoms with Crippen molar-refractivity contribution in [2.75, 3.05) is 0 Å². The van der Waals surface area contributed by atoms with Crippen LogP contribution in [0.3, 0.4) is 0 Å². The fourth-order valence-electron chi connectivity index (χ4n) is 3.51. The third-order valence-electron chi connectivity index (χ3n) is 4.84. The molecule has 1 aliphatic rings. The molecule has 0 N–H and O–H groups in total. The van der Waals surface area contributed by atoms with Crippen LogP contribution < -0.4 is 11.2 Å². The van der Waals surface area contributed by atoms with Gasteiger partial charge >= 0.3 is 5.69 Å². The second kappa shape index (κ2) is 6.94. The van der Waals surface area contributed by atoms with E-state index in [9.17, 15) is 14.0 Å². The van der Waals surface area contributed by atoms with Crippen LogP contribution in [0.15, 0.2) is 38.4 Å². The minimum Gasteiger partial charge on any atom is -0.339 e. The second-order valence-corrected chi connectivity index (χ2v) is 6.72. The van der Waals surface area contributed by atoms with Gasteiger partial charge in [-0.15, -0.1) is 0 Å².